The fourth-order valence-corrected chi connectivity index (χ4v) is 2.21. The van der Waals surface area contributed by atoms with E-state index in [0.29, 0.717) is 5.75 Å². The summed E-state index contributed by atoms with van der Waals surface area (Å²) < 4.78 is 5.35. The Bertz CT molecular complexity index is 445. The van der Waals surface area contributed by atoms with Crippen molar-refractivity contribution in [2.45, 2.75) is 31.2 Å². The Balaban J connectivity index is 1.84. The highest BCUT2D eigenvalue weighted by molar-refractivity contribution is 5.78. The van der Waals surface area contributed by atoms with Crippen LogP contribution in [0.3, 0.4) is 0 Å². The molecule has 0 radical (unpaired) electrons. The molecule has 4 heteroatoms. The summed E-state index contributed by atoms with van der Waals surface area (Å²) in [4.78, 5) is 11.7. The predicted molar refractivity (Wildman–Crippen MR) is 66.9 cm³/mol. The highest BCUT2D eigenvalue weighted by atomic mass is 16.5. The van der Waals surface area contributed by atoms with Crippen LogP contribution in [0.2, 0.25) is 0 Å². The lowest BCUT2D eigenvalue weighted by Gasteiger charge is -2.21. The number of rotatable bonds is 4. The first-order chi connectivity index (χ1) is 8.74. The lowest BCUT2D eigenvalue weighted by atomic mass is 10.00. The number of nitriles is 1. The first-order valence-electron chi connectivity index (χ1n) is 6.14. The van der Waals surface area contributed by atoms with Gasteiger partial charge in [0.25, 0.3) is 5.91 Å². The molecule has 1 N–H and O–H groups in total. The van der Waals surface area contributed by atoms with Crippen molar-refractivity contribution < 1.29 is 9.53 Å². The van der Waals surface area contributed by atoms with Crippen molar-refractivity contribution in [3.05, 3.63) is 30.3 Å². The van der Waals surface area contributed by atoms with E-state index < -0.39 is 5.54 Å². The highest BCUT2D eigenvalue weighted by Crippen LogP contribution is 2.28. The Hall–Kier alpha value is -2.02. The number of para-hydroxylation sites is 1. The summed E-state index contributed by atoms with van der Waals surface area (Å²) in [6.07, 6.45) is 3.46. The summed E-state index contributed by atoms with van der Waals surface area (Å²) in [6.45, 7) is -0.0482. The molecule has 1 aromatic rings. The van der Waals surface area contributed by atoms with E-state index in [0.717, 1.165) is 25.7 Å². The van der Waals surface area contributed by atoms with Crippen LogP contribution in [0.4, 0.5) is 0 Å². The Labute approximate surface area is 107 Å². The molecule has 4 nitrogen and oxygen atoms in total. The zero-order valence-corrected chi connectivity index (χ0v) is 10.2. The fourth-order valence-electron chi connectivity index (χ4n) is 2.21. The number of amides is 1. The third kappa shape index (κ3) is 3.01. The van der Waals surface area contributed by atoms with Crippen molar-refractivity contribution in [1.82, 2.24) is 5.32 Å². The largest absolute Gasteiger partial charge is 0.484 e. The van der Waals surface area contributed by atoms with Crippen molar-refractivity contribution >= 4 is 5.91 Å². The normalized spacial score (nSPS) is 16.8. The van der Waals surface area contributed by atoms with Crippen LogP contribution in [0.1, 0.15) is 25.7 Å². The molecule has 2 rings (SSSR count). The first kappa shape index (κ1) is 12.4. The summed E-state index contributed by atoms with van der Waals surface area (Å²) in [6, 6.07) is 11.4. The molecule has 18 heavy (non-hydrogen) atoms. The number of nitrogens with zero attached hydrogens (tertiary/aromatic N) is 1. The van der Waals surface area contributed by atoms with Crippen LogP contribution in [0, 0.1) is 11.3 Å². The average molecular weight is 244 g/mol. The SMILES string of the molecule is N#CC1(NC(=O)COc2ccccc2)CCCC1. The molecule has 1 fully saturated rings. The maximum Gasteiger partial charge on any atom is 0.259 e. The van der Waals surface area contributed by atoms with E-state index in [1.807, 2.05) is 18.2 Å². The van der Waals surface area contributed by atoms with Gasteiger partial charge in [0.2, 0.25) is 0 Å². The second kappa shape index (κ2) is 5.54. The molecule has 1 amide bonds. The molecule has 1 aliphatic carbocycles. The van der Waals surface area contributed by atoms with Gasteiger partial charge in [-0.2, -0.15) is 5.26 Å². The fraction of sp³-hybridized carbons (Fsp3) is 0.429. The highest BCUT2D eigenvalue weighted by Gasteiger charge is 2.35. The topological polar surface area (TPSA) is 62.1 Å². The summed E-state index contributed by atoms with van der Waals surface area (Å²) in [5.41, 5.74) is -0.670. The van der Waals surface area contributed by atoms with Crippen LogP contribution < -0.4 is 10.1 Å². The monoisotopic (exact) mass is 244 g/mol. The number of carbonyl (C=O) groups excluding carboxylic acids is 1. The molecule has 0 unspecified atom stereocenters. The minimum atomic E-state index is -0.670. The maximum atomic E-state index is 11.7. The van der Waals surface area contributed by atoms with Gasteiger partial charge in [-0.3, -0.25) is 4.79 Å². The molecule has 94 valence electrons. The summed E-state index contributed by atoms with van der Waals surface area (Å²) in [5.74, 6) is 0.424. The zero-order chi connectivity index (χ0) is 12.8. The van der Waals surface area contributed by atoms with E-state index >= 15 is 0 Å². The van der Waals surface area contributed by atoms with E-state index in [-0.39, 0.29) is 12.5 Å². The van der Waals surface area contributed by atoms with E-state index in [9.17, 15) is 4.79 Å². The molecule has 1 aromatic carbocycles. The van der Waals surface area contributed by atoms with Crippen molar-refractivity contribution in [2.24, 2.45) is 0 Å². The average Bonchev–Trinajstić information content (AvgIpc) is 2.87. The molecule has 0 aliphatic heterocycles. The van der Waals surface area contributed by atoms with Gasteiger partial charge in [0, 0.05) is 0 Å². The summed E-state index contributed by atoms with van der Waals surface area (Å²) in [5, 5.41) is 11.9. The third-order valence-electron chi connectivity index (χ3n) is 3.16. The molecule has 0 bridgehead atoms. The third-order valence-corrected chi connectivity index (χ3v) is 3.16. The van der Waals surface area contributed by atoms with Gasteiger partial charge in [-0.05, 0) is 37.8 Å². The molecule has 0 heterocycles. The number of hydrogen-bond donors (Lipinski definition) is 1. The summed E-state index contributed by atoms with van der Waals surface area (Å²) >= 11 is 0. The Morgan fingerprint density at radius 2 is 2.00 bits per heavy atom. The predicted octanol–water partition coefficient (Wildman–Crippen LogP) is 2.02. The number of hydrogen-bond acceptors (Lipinski definition) is 3. The molecule has 0 spiro atoms. The molecule has 0 saturated heterocycles. The molecular weight excluding hydrogens is 228 g/mol. The van der Waals surface area contributed by atoms with Gasteiger partial charge >= 0.3 is 0 Å². The van der Waals surface area contributed by atoms with Crippen molar-refractivity contribution in [2.75, 3.05) is 6.61 Å². The second-order valence-corrected chi connectivity index (χ2v) is 4.55. The molecule has 1 aliphatic rings. The Morgan fingerprint density at radius 1 is 1.33 bits per heavy atom. The van der Waals surface area contributed by atoms with Gasteiger partial charge in [0.05, 0.1) is 6.07 Å². The molecule has 1 saturated carbocycles. The quantitative estimate of drug-likeness (QED) is 0.881. The van der Waals surface area contributed by atoms with Crippen molar-refractivity contribution in [3.63, 3.8) is 0 Å². The maximum absolute atomic E-state index is 11.7. The van der Waals surface area contributed by atoms with E-state index in [2.05, 4.69) is 11.4 Å². The van der Waals surface area contributed by atoms with E-state index in [4.69, 9.17) is 10.00 Å². The molecule has 0 aromatic heterocycles. The van der Waals surface area contributed by atoms with Crippen molar-refractivity contribution in [3.8, 4) is 11.8 Å². The van der Waals surface area contributed by atoms with Crippen molar-refractivity contribution in [1.29, 1.82) is 5.26 Å². The zero-order valence-electron chi connectivity index (χ0n) is 10.2. The van der Waals surface area contributed by atoms with Crippen LogP contribution in [0.15, 0.2) is 30.3 Å². The number of nitrogens with one attached hydrogen (secondary N) is 1. The van der Waals surface area contributed by atoms with Gasteiger partial charge in [-0.15, -0.1) is 0 Å². The van der Waals surface area contributed by atoms with Crippen LogP contribution in [-0.4, -0.2) is 18.1 Å². The number of benzene rings is 1. The van der Waals surface area contributed by atoms with Crippen LogP contribution in [-0.2, 0) is 4.79 Å². The first-order valence-corrected chi connectivity index (χ1v) is 6.14. The Morgan fingerprint density at radius 3 is 2.61 bits per heavy atom. The van der Waals surface area contributed by atoms with Gasteiger partial charge in [-0.1, -0.05) is 18.2 Å². The van der Waals surface area contributed by atoms with Gasteiger partial charge in [0.15, 0.2) is 6.61 Å². The standard InChI is InChI=1S/C14H16N2O2/c15-11-14(8-4-5-9-14)16-13(17)10-18-12-6-2-1-3-7-12/h1-3,6-7H,4-5,8-10H2,(H,16,17). The Kier molecular flexibility index (Phi) is 3.83. The van der Waals surface area contributed by atoms with E-state index in [1.165, 1.54) is 0 Å². The lowest BCUT2D eigenvalue weighted by Crippen LogP contribution is -2.47. The van der Waals surface area contributed by atoms with Crippen LogP contribution >= 0.6 is 0 Å². The minimum Gasteiger partial charge on any atom is -0.484 e. The molecule has 0 atom stereocenters. The lowest BCUT2D eigenvalue weighted by molar-refractivity contribution is -0.124. The number of carbonyl (C=O) groups is 1. The van der Waals surface area contributed by atoms with Gasteiger partial charge in [0.1, 0.15) is 11.3 Å². The van der Waals surface area contributed by atoms with Gasteiger partial charge < -0.3 is 10.1 Å². The van der Waals surface area contributed by atoms with Crippen LogP contribution in [0.25, 0.3) is 0 Å². The minimum absolute atomic E-state index is 0.0482. The van der Waals surface area contributed by atoms with E-state index in [1.54, 1.807) is 12.1 Å². The summed E-state index contributed by atoms with van der Waals surface area (Å²) in [7, 11) is 0. The van der Waals surface area contributed by atoms with Crippen LogP contribution in [0.5, 0.6) is 5.75 Å². The number of ether oxygens (including phenoxy) is 1. The molecular formula is C14H16N2O2. The second-order valence-electron chi connectivity index (χ2n) is 4.55. The smallest absolute Gasteiger partial charge is 0.259 e. The van der Waals surface area contributed by atoms with Gasteiger partial charge in [-0.25, -0.2) is 0 Å².